The number of fused-ring (bicyclic) bond motifs is 2. The number of sulfonamides is 1. The van der Waals surface area contributed by atoms with Crippen molar-refractivity contribution in [3.63, 3.8) is 0 Å². The standard InChI is InChI=1S/C32H34FNO7S/c1-18-12-23(40-22-10-11-34(16-22)42(3,37)38)13-19(2)31(18)25-6-8-27(33)32-26(25)7-9-28(32)41-21-4-5-24-20(14-30(35)36)17-39-29(24)15-21/h4-6,8,12-13,15,20,22,28H,7,9-11,14,16-17H2,1-3H3,(H,35,36). The summed E-state index contributed by atoms with van der Waals surface area (Å²) >= 11 is 0. The topological polar surface area (TPSA) is 102 Å². The molecule has 0 saturated carbocycles. The number of ether oxygens (including phenoxy) is 3. The van der Waals surface area contributed by atoms with Crippen LogP contribution < -0.4 is 14.2 Å². The molecule has 0 amide bonds. The predicted octanol–water partition coefficient (Wildman–Crippen LogP) is 5.54. The Bertz CT molecular complexity index is 1650. The first-order valence-electron chi connectivity index (χ1n) is 14.2. The number of benzene rings is 3. The molecule has 8 nitrogen and oxygen atoms in total. The van der Waals surface area contributed by atoms with E-state index >= 15 is 4.39 Å². The second-order valence-corrected chi connectivity index (χ2v) is 13.5. The van der Waals surface area contributed by atoms with Gasteiger partial charge >= 0.3 is 5.97 Å². The highest BCUT2D eigenvalue weighted by Crippen LogP contribution is 2.45. The third-order valence-electron chi connectivity index (χ3n) is 8.50. The van der Waals surface area contributed by atoms with E-state index in [1.807, 2.05) is 38.1 Å². The van der Waals surface area contributed by atoms with E-state index < -0.39 is 22.1 Å². The zero-order valence-corrected chi connectivity index (χ0v) is 24.7. The summed E-state index contributed by atoms with van der Waals surface area (Å²) in [6.45, 7) is 5.12. The van der Waals surface area contributed by atoms with Gasteiger partial charge in [0, 0.05) is 29.7 Å². The van der Waals surface area contributed by atoms with Crippen molar-refractivity contribution in [3.05, 3.63) is 76.1 Å². The number of carbonyl (C=O) groups is 1. The van der Waals surface area contributed by atoms with E-state index in [1.165, 1.54) is 16.6 Å². The molecule has 3 aliphatic rings. The van der Waals surface area contributed by atoms with Crippen molar-refractivity contribution in [3.8, 4) is 28.4 Å². The number of hydrogen-bond donors (Lipinski definition) is 1. The number of carboxylic acid groups (broad SMARTS) is 1. The highest BCUT2D eigenvalue weighted by molar-refractivity contribution is 7.88. The van der Waals surface area contributed by atoms with Crippen LogP contribution in [-0.2, 0) is 21.2 Å². The highest BCUT2D eigenvalue weighted by Gasteiger charge is 2.33. The lowest BCUT2D eigenvalue weighted by Gasteiger charge is -2.20. The molecule has 42 heavy (non-hydrogen) atoms. The number of aliphatic carboxylic acids is 1. The molecule has 222 valence electrons. The first kappa shape index (κ1) is 28.5. The van der Waals surface area contributed by atoms with Gasteiger partial charge in [-0.2, -0.15) is 4.31 Å². The summed E-state index contributed by atoms with van der Waals surface area (Å²) in [6, 6.07) is 12.7. The number of rotatable bonds is 8. The molecule has 0 spiro atoms. The van der Waals surface area contributed by atoms with Gasteiger partial charge in [0.05, 0.1) is 25.8 Å². The Kier molecular flexibility index (Phi) is 7.39. The van der Waals surface area contributed by atoms with Gasteiger partial charge < -0.3 is 19.3 Å². The zero-order chi connectivity index (χ0) is 29.8. The van der Waals surface area contributed by atoms with Gasteiger partial charge in [-0.05, 0) is 85.2 Å². The van der Waals surface area contributed by atoms with Crippen molar-refractivity contribution < 1.29 is 36.9 Å². The van der Waals surface area contributed by atoms with Gasteiger partial charge in [0.2, 0.25) is 10.0 Å². The molecule has 3 atom stereocenters. The summed E-state index contributed by atoms with van der Waals surface area (Å²) in [5.41, 5.74) is 6.32. The monoisotopic (exact) mass is 595 g/mol. The van der Waals surface area contributed by atoms with Crippen molar-refractivity contribution in [2.75, 3.05) is 26.0 Å². The van der Waals surface area contributed by atoms with Crippen molar-refractivity contribution in [2.45, 2.75) is 57.7 Å². The van der Waals surface area contributed by atoms with Crippen LogP contribution in [0.1, 0.15) is 59.1 Å². The summed E-state index contributed by atoms with van der Waals surface area (Å²) in [6.07, 6.45) is 2.48. The van der Waals surface area contributed by atoms with Gasteiger partial charge in [-0.3, -0.25) is 4.79 Å². The molecule has 0 radical (unpaired) electrons. The number of nitrogens with zero attached hydrogens (tertiary/aromatic N) is 1. The highest BCUT2D eigenvalue weighted by atomic mass is 32.2. The van der Waals surface area contributed by atoms with E-state index in [0.29, 0.717) is 61.8 Å². The summed E-state index contributed by atoms with van der Waals surface area (Å²) in [7, 11) is -3.24. The molecule has 2 heterocycles. The van der Waals surface area contributed by atoms with E-state index in [0.717, 1.165) is 33.4 Å². The molecule has 10 heteroatoms. The van der Waals surface area contributed by atoms with Gasteiger partial charge in [0.15, 0.2) is 0 Å². The minimum atomic E-state index is -3.24. The van der Waals surface area contributed by atoms with E-state index in [2.05, 4.69) is 0 Å². The Hall–Kier alpha value is -3.63. The van der Waals surface area contributed by atoms with Crippen LogP contribution in [0.2, 0.25) is 0 Å². The molecule has 0 aromatic heterocycles. The Morgan fingerprint density at radius 1 is 1.07 bits per heavy atom. The summed E-state index contributed by atoms with van der Waals surface area (Å²) in [4.78, 5) is 11.2. The fourth-order valence-electron chi connectivity index (χ4n) is 6.60. The smallest absolute Gasteiger partial charge is 0.304 e. The van der Waals surface area contributed by atoms with Crippen molar-refractivity contribution in [1.82, 2.24) is 4.31 Å². The SMILES string of the molecule is Cc1cc(OC2CCN(S(C)(=O)=O)C2)cc(C)c1-c1ccc(F)c2c1CCC2Oc1ccc2c(c1)OCC2CC(=O)O. The Morgan fingerprint density at radius 2 is 1.83 bits per heavy atom. The molecule has 3 aromatic carbocycles. The number of halogens is 1. The van der Waals surface area contributed by atoms with Gasteiger partial charge in [-0.1, -0.05) is 12.1 Å². The maximum Gasteiger partial charge on any atom is 0.304 e. The molecule has 1 aliphatic carbocycles. The second-order valence-electron chi connectivity index (χ2n) is 11.5. The molecule has 6 rings (SSSR count). The molecule has 1 saturated heterocycles. The first-order chi connectivity index (χ1) is 20.0. The fraction of sp³-hybridized carbons (Fsp3) is 0.406. The Balaban J connectivity index is 1.23. The molecular formula is C32H34FNO7S. The fourth-order valence-corrected chi connectivity index (χ4v) is 7.48. The van der Waals surface area contributed by atoms with Gasteiger partial charge in [0.1, 0.15) is 35.3 Å². The molecule has 3 unspecified atom stereocenters. The summed E-state index contributed by atoms with van der Waals surface area (Å²) in [5, 5.41) is 9.16. The van der Waals surface area contributed by atoms with Crippen LogP contribution in [0.4, 0.5) is 4.39 Å². The number of carboxylic acids is 1. The Morgan fingerprint density at radius 3 is 2.52 bits per heavy atom. The number of hydrogen-bond acceptors (Lipinski definition) is 6. The van der Waals surface area contributed by atoms with E-state index in [-0.39, 0.29) is 24.3 Å². The molecule has 1 fully saturated rings. The van der Waals surface area contributed by atoms with Crippen LogP contribution in [0.5, 0.6) is 17.2 Å². The van der Waals surface area contributed by atoms with Gasteiger partial charge in [-0.25, -0.2) is 12.8 Å². The first-order valence-corrected chi connectivity index (χ1v) is 16.0. The minimum Gasteiger partial charge on any atom is -0.492 e. The molecule has 0 bridgehead atoms. The van der Waals surface area contributed by atoms with E-state index in [1.54, 1.807) is 12.1 Å². The average Bonchev–Trinajstić information content (AvgIpc) is 3.64. The maximum absolute atomic E-state index is 15.3. The second kappa shape index (κ2) is 10.9. The predicted molar refractivity (Wildman–Crippen MR) is 155 cm³/mol. The van der Waals surface area contributed by atoms with Gasteiger partial charge in [-0.15, -0.1) is 0 Å². The van der Waals surface area contributed by atoms with Crippen LogP contribution in [-0.4, -0.2) is 55.9 Å². The van der Waals surface area contributed by atoms with Crippen LogP contribution in [0, 0.1) is 19.7 Å². The maximum atomic E-state index is 15.3. The normalized spacial score (nSPS) is 21.6. The average molecular weight is 596 g/mol. The minimum absolute atomic E-state index is 0.00546. The number of aryl methyl sites for hydroxylation is 2. The van der Waals surface area contributed by atoms with Gasteiger partial charge in [0.25, 0.3) is 0 Å². The van der Waals surface area contributed by atoms with Crippen molar-refractivity contribution in [2.24, 2.45) is 0 Å². The lowest BCUT2D eigenvalue weighted by atomic mass is 9.90. The van der Waals surface area contributed by atoms with E-state index in [9.17, 15) is 13.2 Å². The summed E-state index contributed by atoms with van der Waals surface area (Å²) < 4.78 is 58.7. The van der Waals surface area contributed by atoms with Crippen LogP contribution >= 0.6 is 0 Å². The van der Waals surface area contributed by atoms with Crippen LogP contribution in [0.15, 0.2) is 42.5 Å². The molecule has 1 N–H and O–H groups in total. The quantitative estimate of drug-likeness (QED) is 0.365. The molecule has 2 aliphatic heterocycles. The lowest BCUT2D eigenvalue weighted by Crippen LogP contribution is -2.29. The Labute approximate surface area is 245 Å². The molecule has 3 aromatic rings. The third-order valence-corrected chi connectivity index (χ3v) is 9.77. The van der Waals surface area contributed by atoms with E-state index in [4.69, 9.17) is 19.3 Å². The van der Waals surface area contributed by atoms with Crippen LogP contribution in [0.25, 0.3) is 11.1 Å². The van der Waals surface area contributed by atoms with Crippen molar-refractivity contribution in [1.29, 1.82) is 0 Å². The lowest BCUT2D eigenvalue weighted by molar-refractivity contribution is -0.137. The largest absolute Gasteiger partial charge is 0.492 e. The van der Waals surface area contributed by atoms with Crippen LogP contribution in [0.3, 0.4) is 0 Å². The van der Waals surface area contributed by atoms with Crippen molar-refractivity contribution >= 4 is 16.0 Å². The zero-order valence-electron chi connectivity index (χ0n) is 23.9. The summed E-state index contributed by atoms with van der Waals surface area (Å²) in [5.74, 6) is 0.500. The molecular weight excluding hydrogens is 561 g/mol. The third kappa shape index (κ3) is 5.45.